The lowest BCUT2D eigenvalue weighted by atomic mass is 10.2. The molecule has 0 aliphatic carbocycles. The Bertz CT molecular complexity index is 1260. The third-order valence-corrected chi connectivity index (χ3v) is 5.88. The number of aromatic nitrogens is 3. The fourth-order valence-electron chi connectivity index (χ4n) is 3.37. The van der Waals surface area contributed by atoms with Crippen LogP contribution in [0.3, 0.4) is 0 Å². The van der Waals surface area contributed by atoms with Gasteiger partial charge in [0.1, 0.15) is 0 Å². The molecule has 1 aliphatic rings. The van der Waals surface area contributed by atoms with Crippen molar-refractivity contribution in [3.63, 3.8) is 0 Å². The number of ether oxygens (including phenoxy) is 2. The number of hydrogen-bond donors (Lipinski definition) is 1. The summed E-state index contributed by atoms with van der Waals surface area (Å²) in [6, 6.07) is 23.4. The Hall–Kier alpha value is -3.78. The van der Waals surface area contributed by atoms with E-state index in [0.717, 1.165) is 17.1 Å². The van der Waals surface area contributed by atoms with E-state index in [0.29, 0.717) is 22.3 Å². The van der Waals surface area contributed by atoms with Crippen LogP contribution in [0.1, 0.15) is 5.56 Å². The number of fused-ring (bicyclic) bond motifs is 1. The van der Waals surface area contributed by atoms with Gasteiger partial charge in [0.15, 0.2) is 22.5 Å². The molecule has 0 saturated heterocycles. The van der Waals surface area contributed by atoms with Gasteiger partial charge in [-0.3, -0.25) is 9.36 Å². The van der Waals surface area contributed by atoms with Gasteiger partial charge in [0.25, 0.3) is 0 Å². The van der Waals surface area contributed by atoms with Crippen molar-refractivity contribution in [3.05, 3.63) is 78.4 Å². The molecule has 0 unspecified atom stereocenters. The Morgan fingerprint density at radius 3 is 2.59 bits per heavy atom. The number of carbonyl (C=O) groups excluding carboxylic acids is 1. The quantitative estimate of drug-likeness (QED) is 0.434. The highest BCUT2D eigenvalue weighted by atomic mass is 32.2. The third-order valence-electron chi connectivity index (χ3n) is 4.95. The van der Waals surface area contributed by atoms with Gasteiger partial charge in [0.05, 0.1) is 5.75 Å². The maximum atomic E-state index is 12.6. The third kappa shape index (κ3) is 4.17. The van der Waals surface area contributed by atoms with E-state index in [1.165, 1.54) is 17.3 Å². The summed E-state index contributed by atoms with van der Waals surface area (Å²) in [5.74, 6) is 2.08. The topological polar surface area (TPSA) is 78.3 Å². The van der Waals surface area contributed by atoms with E-state index in [4.69, 9.17) is 9.47 Å². The summed E-state index contributed by atoms with van der Waals surface area (Å²) in [7, 11) is 0. The molecule has 7 nitrogen and oxygen atoms in total. The van der Waals surface area contributed by atoms with Crippen LogP contribution < -0.4 is 14.8 Å². The lowest BCUT2D eigenvalue weighted by Gasteiger charge is -2.11. The van der Waals surface area contributed by atoms with Gasteiger partial charge in [-0.05, 0) is 31.2 Å². The molecule has 1 N–H and O–H groups in total. The van der Waals surface area contributed by atoms with Gasteiger partial charge in [-0.2, -0.15) is 0 Å². The normalized spacial score (nSPS) is 12.0. The molecule has 0 fully saturated rings. The number of carbonyl (C=O) groups is 1. The van der Waals surface area contributed by atoms with E-state index < -0.39 is 0 Å². The fraction of sp³-hybridized carbons (Fsp3) is 0.125. The summed E-state index contributed by atoms with van der Waals surface area (Å²) in [6.45, 7) is 2.24. The lowest BCUT2D eigenvalue weighted by Crippen LogP contribution is -2.14. The second kappa shape index (κ2) is 8.76. The zero-order chi connectivity index (χ0) is 21.9. The highest BCUT2D eigenvalue weighted by Gasteiger charge is 2.18. The Kier molecular flexibility index (Phi) is 5.51. The van der Waals surface area contributed by atoms with Crippen LogP contribution in [-0.4, -0.2) is 33.2 Å². The van der Waals surface area contributed by atoms with E-state index in [1.807, 2.05) is 66.1 Å². The highest BCUT2D eigenvalue weighted by molar-refractivity contribution is 7.99. The number of amides is 1. The minimum atomic E-state index is -0.145. The average Bonchev–Trinajstić information content (AvgIpc) is 3.45. The number of nitrogens with zero attached hydrogens (tertiary/aromatic N) is 3. The summed E-state index contributed by atoms with van der Waals surface area (Å²) < 4.78 is 12.7. The van der Waals surface area contributed by atoms with Crippen LogP contribution in [0.15, 0.2) is 78.0 Å². The number of thioether (sulfide) groups is 1. The molecule has 1 aliphatic heterocycles. The van der Waals surface area contributed by atoms with Gasteiger partial charge in [-0.15, -0.1) is 10.2 Å². The standard InChI is InChI=1S/C24H20N4O3S/c1-16-7-10-19(11-8-16)28-23(17-5-3-2-4-6-17)26-27-24(28)32-14-22(29)25-18-9-12-20-21(13-18)31-15-30-20/h2-13H,14-15H2,1H3,(H,25,29). The molecule has 0 bridgehead atoms. The Labute approximate surface area is 189 Å². The average molecular weight is 445 g/mol. The first kappa shape index (κ1) is 20.1. The summed E-state index contributed by atoms with van der Waals surface area (Å²) in [5.41, 5.74) is 3.72. The lowest BCUT2D eigenvalue weighted by molar-refractivity contribution is -0.113. The summed E-state index contributed by atoms with van der Waals surface area (Å²) in [6.07, 6.45) is 0. The Morgan fingerprint density at radius 2 is 1.78 bits per heavy atom. The number of benzene rings is 3. The van der Waals surface area contributed by atoms with Crippen molar-refractivity contribution in [3.8, 4) is 28.6 Å². The molecule has 32 heavy (non-hydrogen) atoms. The molecule has 0 saturated carbocycles. The van der Waals surface area contributed by atoms with Gasteiger partial charge in [-0.25, -0.2) is 0 Å². The molecule has 1 amide bonds. The van der Waals surface area contributed by atoms with Gasteiger partial charge < -0.3 is 14.8 Å². The number of nitrogens with one attached hydrogen (secondary N) is 1. The molecule has 4 aromatic rings. The molecule has 0 spiro atoms. The van der Waals surface area contributed by atoms with Crippen LogP contribution in [0.2, 0.25) is 0 Å². The van der Waals surface area contributed by atoms with Gasteiger partial charge in [0, 0.05) is 23.0 Å². The summed E-state index contributed by atoms with van der Waals surface area (Å²) >= 11 is 1.34. The summed E-state index contributed by atoms with van der Waals surface area (Å²) in [5, 5.41) is 12.3. The van der Waals surface area contributed by atoms with E-state index >= 15 is 0 Å². The van der Waals surface area contributed by atoms with Crippen molar-refractivity contribution in [1.29, 1.82) is 0 Å². The molecule has 1 aromatic heterocycles. The SMILES string of the molecule is Cc1ccc(-n2c(SCC(=O)Nc3ccc4c(c3)OCO4)nnc2-c2ccccc2)cc1. The number of anilines is 1. The van der Waals surface area contributed by atoms with Crippen molar-refractivity contribution in [2.24, 2.45) is 0 Å². The molecule has 3 aromatic carbocycles. The van der Waals surface area contributed by atoms with Gasteiger partial charge in [0.2, 0.25) is 12.7 Å². The maximum absolute atomic E-state index is 12.6. The first-order chi connectivity index (χ1) is 15.7. The van der Waals surface area contributed by atoms with Crippen LogP contribution in [0, 0.1) is 6.92 Å². The molecule has 8 heteroatoms. The Balaban J connectivity index is 1.37. The number of hydrogen-bond acceptors (Lipinski definition) is 6. The van der Waals surface area contributed by atoms with Crippen molar-refractivity contribution in [2.75, 3.05) is 17.9 Å². The fourth-order valence-corrected chi connectivity index (χ4v) is 4.12. The van der Waals surface area contributed by atoms with Crippen LogP contribution in [0.5, 0.6) is 11.5 Å². The van der Waals surface area contributed by atoms with Crippen molar-refractivity contribution < 1.29 is 14.3 Å². The monoisotopic (exact) mass is 444 g/mol. The summed E-state index contributed by atoms with van der Waals surface area (Å²) in [4.78, 5) is 12.6. The molecule has 0 radical (unpaired) electrons. The van der Waals surface area contributed by atoms with E-state index in [-0.39, 0.29) is 18.5 Å². The first-order valence-electron chi connectivity index (χ1n) is 10.1. The predicted octanol–water partition coefficient (Wildman–Crippen LogP) is 4.70. The van der Waals surface area contributed by atoms with Crippen LogP contribution in [0.4, 0.5) is 5.69 Å². The number of rotatable bonds is 6. The minimum absolute atomic E-state index is 0.145. The molecular weight excluding hydrogens is 424 g/mol. The second-order valence-corrected chi connectivity index (χ2v) is 8.19. The second-order valence-electron chi connectivity index (χ2n) is 7.25. The van der Waals surface area contributed by atoms with Crippen molar-refractivity contribution >= 4 is 23.4 Å². The largest absolute Gasteiger partial charge is 0.454 e. The van der Waals surface area contributed by atoms with E-state index in [1.54, 1.807) is 18.2 Å². The van der Waals surface area contributed by atoms with E-state index in [2.05, 4.69) is 15.5 Å². The van der Waals surface area contributed by atoms with Crippen LogP contribution in [-0.2, 0) is 4.79 Å². The van der Waals surface area contributed by atoms with Crippen molar-refractivity contribution in [2.45, 2.75) is 12.1 Å². The molecular formula is C24H20N4O3S. The highest BCUT2D eigenvalue weighted by Crippen LogP contribution is 2.34. The zero-order valence-electron chi connectivity index (χ0n) is 17.3. The Morgan fingerprint density at radius 1 is 1.00 bits per heavy atom. The predicted molar refractivity (Wildman–Crippen MR) is 123 cm³/mol. The van der Waals surface area contributed by atoms with Gasteiger partial charge in [-0.1, -0.05) is 59.8 Å². The first-order valence-corrected chi connectivity index (χ1v) is 11.1. The van der Waals surface area contributed by atoms with Gasteiger partial charge >= 0.3 is 0 Å². The molecule has 0 atom stereocenters. The van der Waals surface area contributed by atoms with E-state index in [9.17, 15) is 4.79 Å². The smallest absolute Gasteiger partial charge is 0.234 e. The number of aryl methyl sites for hydroxylation is 1. The van der Waals surface area contributed by atoms with Crippen molar-refractivity contribution in [1.82, 2.24) is 14.8 Å². The van der Waals surface area contributed by atoms with Crippen LogP contribution >= 0.6 is 11.8 Å². The minimum Gasteiger partial charge on any atom is -0.454 e. The molecule has 160 valence electrons. The maximum Gasteiger partial charge on any atom is 0.234 e. The molecule has 5 rings (SSSR count). The molecule has 2 heterocycles. The zero-order valence-corrected chi connectivity index (χ0v) is 18.1. The van der Waals surface area contributed by atoms with Crippen LogP contribution in [0.25, 0.3) is 17.1 Å².